The lowest BCUT2D eigenvalue weighted by Crippen LogP contribution is -2.34. The molecule has 0 aliphatic carbocycles. The summed E-state index contributed by atoms with van der Waals surface area (Å²) < 4.78 is 13.3. The van der Waals surface area contributed by atoms with E-state index in [2.05, 4.69) is 0 Å². The third-order valence-corrected chi connectivity index (χ3v) is 2.97. The Labute approximate surface area is 112 Å². The molecule has 102 valence electrons. The summed E-state index contributed by atoms with van der Waals surface area (Å²) in [5.41, 5.74) is 0.951. The van der Waals surface area contributed by atoms with Gasteiger partial charge in [-0.1, -0.05) is 6.92 Å². The van der Waals surface area contributed by atoms with Crippen LogP contribution in [0.2, 0.25) is 0 Å². The molecule has 1 atom stereocenters. The summed E-state index contributed by atoms with van der Waals surface area (Å²) in [7, 11) is 0. The van der Waals surface area contributed by atoms with E-state index in [1.54, 1.807) is 6.07 Å². The topological polar surface area (TPSA) is 64.3 Å². The molecule has 0 heterocycles. The van der Waals surface area contributed by atoms with Gasteiger partial charge in [0.25, 0.3) is 0 Å². The minimum Gasteiger partial charge on any atom is -0.481 e. The molecule has 4 nitrogen and oxygen atoms in total. The fourth-order valence-corrected chi connectivity index (χ4v) is 2.00. The first kappa shape index (κ1) is 15.1. The van der Waals surface area contributed by atoms with E-state index in [-0.39, 0.29) is 18.0 Å². The Hall–Kier alpha value is -1.93. The van der Waals surface area contributed by atoms with Crippen molar-refractivity contribution in [2.45, 2.75) is 32.9 Å². The Kier molecular flexibility index (Phi) is 5.46. The molecule has 0 radical (unpaired) electrons. The molecule has 0 aliphatic rings. The zero-order valence-electron chi connectivity index (χ0n) is 11.1. The van der Waals surface area contributed by atoms with E-state index in [0.29, 0.717) is 18.7 Å². The van der Waals surface area contributed by atoms with Crippen molar-refractivity contribution in [3.8, 4) is 6.07 Å². The van der Waals surface area contributed by atoms with Gasteiger partial charge in [-0.15, -0.1) is 0 Å². The van der Waals surface area contributed by atoms with Crippen LogP contribution in [0.1, 0.15) is 31.4 Å². The third kappa shape index (κ3) is 4.68. The molecule has 19 heavy (non-hydrogen) atoms. The number of carboxylic acids is 1. The predicted octanol–water partition coefficient (Wildman–Crippen LogP) is 2.38. The van der Waals surface area contributed by atoms with Crippen LogP contribution >= 0.6 is 0 Å². The van der Waals surface area contributed by atoms with Gasteiger partial charge in [0.05, 0.1) is 18.1 Å². The fourth-order valence-electron chi connectivity index (χ4n) is 2.00. The molecular formula is C14H17FN2O2. The largest absolute Gasteiger partial charge is 0.481 e. The summed E-state index contributed by atoms with van der Waals surface area (Å²) in [5, 5.41) is 17.6. The zero-order chi connectivity index (χ0) is 14.4. The second-order valence-corrected chi connectivity index (χ2v) is 4.47. The zero-order valence-corrected chi connectivity index (χ0v) is 11.1. The van der Waals surface area contributed by atoms with Crippen LogP contribution in [0, 0.1) is 17.1 Å². The van der Waals surface area contributed by atoms with Crippen molar-refractivity contribution in [1.29, 1.82) is 5.26 Å². The normalized spacial score (nSPS) is 12.2. The molecule has 0 fully saturated rings. The van der Waals surface area contributed by atoms with Crippen molar-refractivity contribution in [2.75, 3.05) is 6.54 Å². The maximum Gasteiger partial charge on any atom is 0.304 e. The number of aliphatic carboxylic acids is 1. The second kappa shape index (κ2) is 6.86. The molecule has 0 aliphatic heterocycles. The van der Waals surface area contributed by atoms with E-state index < -0.39 is 11.8 Å². The van der Waals surface area contributed by atoms with Crippen LogP contribution in [0.3, 0.4) is 0 Å². The Morgan fingerprint density at radius 2 is 2.21 bits per heavy atom. The average molecular weight is 264 g/mol. The first-order valence-corrected chi connectivity index (χ1v) is 6.11. The Bertz CT molecular complexity index is 497. The number of carbonyl (C=O) groups is 1. The molecule has 1 rings (SSSR count). The predicted molar refractivity (Wildman–Crippen MR) is 68.9 cm³/mol. The number of benzene rings is 1. The number of nitriles is 1. The van der Waals surface area contributed by atoms with E-state index in [9.17, 15) is 9.18 Å². The first-order valence-electron chi connectivity index (χ1n) is 6.11. The minimum atomic E-state index is -0.858. The third-order valence-electron chi connectivity index (χ3n) is 2.97. The van der Waals surface area contributed by atoms with Crippen molar-refractivity contribution in [3.05, 3.63) is 35.1 Å². The summed E-state index contributed by atoms with van der Waals surface area (Å²) in [5.74, 6) is -1.31. The Morgan fingerprint density at radius 3 is 2.74 bits per heavy atom. The van der Waals surface area contributed by atoms with Gasteiger partial charge in [-0.3, -0.25) is 9.69 Å². The van der Waals surface area contributed by atoms with Crippen molar-refractivity contribution >= 4 is 5.97 Å². The second-order valence-electron chi connectivity index (χ2n) is 4.47. The van der Waals surface area contributed by atoms with Gasteiger partial charge in [-0.2, -0.15) is 5.26 Å². The Balaban J connectivity index is 2.84. The van der Waals surface area contributed by atoms with Crippen LogP contribution in [0.5, 0.6) is 0 Å². The van der Waals surface area contributed by atoms with Crippen molar-refractivity contribution in [1.82, 2.24) is 4.90 Å². The number of hydrogen-bond donors (Lipinski definition) is 1. The van der Waals surface area contributed by atoms with Gasteiger partial charge in [0.2, 0.25) is 0 Å². The van der Waals surface area contributed by atoms with Crippen LogP contribution in [-0.2, 0) is 11.3 Å². The number of carboxylic acid groups (broad SMARTS) is 1. The highest BCUT2D eigenvalue weighted by Crippen LogP contribution is 2.14. The van der Waals surface area contributed by atoms with E-state index in [1.807, 2.05) is 24.8 Å². The number of nitrogens with zero attached hydrogens (tertiary/aromatic N) is 2. The summed E-state index contributed by atoms with van der Waals surface area (Å²) >= 11 is 0. The van der Waals surface area contributed by atoms with Gasteiger partial charge in [-0.05, 0) is 37.2 Å². The molecule has 0 aromatic heterocycles. The molecule has 1 aromatic rings. The molecule has 0 saturated carbocycles. The average Bonchev–Trinajstić information content (AvgIpc) is 2.34. The maximum absolute atomic E-state index is 13.3. The van der Waals surface area contributed by atoms with Crippen LogP contribution in [0.25, 0.3) is 0 Å². The summed E-state index contributed by atoms with van der Waals surface area (Å²) in [6.07, 6.45) is 0.0360. The fraction of sp³-hybridized carbons (Fsp3) is 0.429. The lowest BCUT2D eigenvalue weighted by atomic mass is 10.1. The van der Waals surface area contributed by atoms with Crippen molar-refractivity contribution < 1.29 is 14.3 Å². The van der Waals surface area contributed by atoms with Gasteiger partial charge < -0.3 is 5.11 Å². The van der Waals surface area contributed by atoms with Crippen LogP contribution in [0.15, 0.2) is 18.2 Å². The van der Waals surface area contributed by atoms with Gasteiger partial charge in [-0.25, -0.2) is 4.39 Å². The van der Waals surface area contributed by atoms with Crippen molar-refractivity contribution in [2.24, 2.45) is 0 Å². The summed E-state index contributed by atoms with van der Waals surface area (Å²) in [4.78, 5) is 12.6. The molecule has 5 heteroatoms. The molecule has 0 spiro atoms. The lowest BCUT2D eigenvalue weighted by molar-refractivity contribution is -0.138. The highest BCUT2D eigenvalue weighted by atomic mass is 19.1. The van der Waals surface area contributed by atoms with Crippen LogP contribution in [0.4, 0.5) is 4.39 Å². The number of halogens is 1. The van der Waals surface area contributed by atoms with E-state index >= 15 is 0 Å². The number of hydrogen-bond acceptors (Lipinski definition) is 3. The lowest BCUT2D eigenvalue weighted by Gasteiger charge is -2.26. The molecule has 0 bridgehead atoms. The molecule has 0 saturated heterocycles. The van der Waals surface area contributed by atoms with Crippen LogP contribution in [-0.4, -0.2) is 28.6 Å². The highest BCUT2D eigenvalue weighted by molar-refractivity contribution is 5.67. The molecule has 0 amide bonds. The SMILES string of the molecule is CCN(Cc1cc(F)cc(C#N)c1)C(C)CC(=O)O. The quantitative estimate of drug-likeness (QED) is 0.856. The van der Waals surface area contributed by atoms with Gasteiger partial charge in [0.1, 0.15) is 5.82 Å². The maximum atomic E-state index is 13.3. The van der Waals surface area contributed by atoms with Gasteiger partial charge >= 0.3 is 5.97 Å². The number of rotatable bonds is 6. The summed E-state index contributed by atoms with van der Waals surface area (Å²) in [6.45, 7) is 4.83. The molecule has 1 N–H and O–H groups in total. The van der Waals surface area contributed by atoms with E-state index in [0.717, 1.165) is 0 Å². The minimum absolute atomic E-state index is 0.0360. The monoisotopic (exact) mass is 264 g/mol. The molecule has 1 aromatic carbocycles. The molecule has 1 unspecified atom stereocenters. The first-order chi connectivity index (χ1) is 8.96. The van der Waals surface area contributed by atoms with Crippen molar-refractivity contribution in [3.63, 3.8) is 0 Å². The standard InChI is InChI=1S/C14H17FN2O2/c1-3-17(10(2)4-14(18)19)9-12-5-11(8-16)6-13(15)7-12/h5-7,10H,3-4,9H2,1-2H3,(H,18,19). The van der Waals surface area contributed by atoms with Gasteiger partial charge in [0, 0.05) is 12.6 Å². The summed E-state index contributed by atoms with van der Waals surface area (Å²) in [6, 6.07) is 5.94. The smallest absolute Gasteiger partial charge is 0.304 e. The molecular weight excluding hydrogens is 247 g/mol. The highest BCUT2D eigenvalue weighted by Gasteiger charge is 2.16. The van der Waals surface area contributed by atoms with Crippen LogP contribution < -0.4 is 0 Å². The van der Waals surface area contributed by atoms with E-state index in [4.69, 9.17) is 10.4 Å². The van der Waals surface area contributed by atoms with E-state index in [1.165, 1.54) is 12.1 Å². The van der Waals surface area contributed by atoms with Gasteiger partial charge in [0.15, 0.2) is 0 Å². The Morgan fingerprint density at radius 1 is 1.53 bits per heavy atom.